The normalized spacial score (nSPS) is 13.9. The number of rotatable bonds is 4. The van der Waals surface area contributed by atoms with E-state index in [0.29, 0.717) is 42.0 Å². The van der Waals surface area contributed by atoms with E-state index in [1.165, 1.54) is 35.2 Å². The van der Waals surface area contributed by atoms with E-state index in [9.17, 15) is 26.4 Å². The number of carboxylic acids is 1. The van der Waals surface area contributed by atoms with E-state index in [1.807, 2.05) is 0 Å². The number of pyridine rings is 2. The van der Waals surface area contributed by atoms with Crippen molar-refractivity contribution in [2.75, 3.05) is 5.73 Å². The fourth-order valence-electron chi connectivity index (χ4n) is 3.88. The Morgan fingerprint density at radius 2 is 1.27 bits per heavy atom. The van der Waals surface area contributed by atoms with Crippen LogP contribution in [0.5, 0.6) is 0 Å². The number of halogens is 2. The molecular weight excluding hydrogens is 975 g/mol. The molecule has 16 heteroatoms. The largest absolute Gasteiger partial charge is 0.478 e. The third kappa shape index (κ3) is 10.1. The number of anilines is 1. The molecule has 0 bridgehead atoms. The smallest absolute Gasteiger partial charge is 0.335 e. The minimum atomic E-state index is -3.34. The number of hydrogen-bond donors (Lipinski definition) is 2. The van der Waals surface area contributed by atoms with Crippen molar-refractivity contribution in [2.24, 2.45) is 0 Å². The Kier molecular flexibility index (Phi) is 13.1. The molecule has 0 unspecified atom stereocenters. The van der Waals surface area contributed by atoms with Crippen molar-refractivity contribution in [1.82, 2.24) is 9.97 Å². The van der Waals surface area contributed by atoms with Gasteiger partial charge in [-0.2, -0.15) is 0 Å². The molecule has 3 N–H and O–H groups in total. The van der Waals surface area contributed by atoms with Gasteiger partial charge in [0.1, 0.15) is 9.21 Å². The van der Waals surface area contributed by atoms with Gasteiger partial charge in [0.15, 0.2) is 15.6 Å². The molecule has 4 aromatic rings. The Balaban J connectivity index is 0.000000251. The fourth-order valence-corrected chi connectivity index (χ4v) is 7.10. The van der Waals surface area contributed by atoms with Gasteiger partial charge >= 0.3 is 5.97 Å². The number of aromatic nitrogens is 2. The summed E-state index contributed by atoms with van der Waals surface area (Å²) in [6, 6.07) is 16.1. The molecule has 2 aliphatic heterocycles. The molecule has 6 rings (SSSR count). The fraction of sp³-hybridized carbons (Fsp3) is 0.0345. The maximum atomic E-state index is 12.2. The van der Waals surface area contributed by atoms with E-state index < -0.39 is 25.6 Å². The van der Waals surface area contributed by atoms with Gasteiger partial charge in [-0.1, -0.05) is 18.2 Å². The second-order valence-electron chi connectivity index (χ2n) is 9.00. The number of carboxylic acid groups (broad SMARTS) is 1. The van der Waals surface area contributed by atoms with Crippen molar-refractivity contribution in [3.63, 3.8) is 0 Å². The van der Waals surface area contributed by atoms with Crippen LogP contribution in [0.2, 0.25) is 0 Å². The number of sulfone groups is 2. The molecule has 2 aliphatic rings. The number of nitrogens with two attached hydrogens (primary N) is 1. The summed E-state index contributed by atoms with van der Waals surface area (Å²) in [5.74, 6) is -1.02. The zero-order valence-corrected chi connectivity index (χ0v) is 31.9. The molecule has 0 spiro atoms. The first-order valence-electron chi connectivity index (χ1n) is 12.7. The SMILES string of the molecule is Nc1ccc2c(c1)S(=O)(=O)C=C2.O=C(Cc1ccc2c(c1)S(=O)(=O)C=C2)c1ccnc(Br)c1.O=C(O)c1ccnc(Br)c1.[3H][B].[U]. The number of ketones is 1. The molecule has 228 valence electrons. The molecule has 0 fully saturated rings. The number of benzene rings is 2. The van der Waals surface area contributed by atoms with E-state index >= 15 is 0 Å². The van der Waals surface area contributed by atoms with Crippen molar-refractivity contribution in [1.29, 1.82) is 1.34 Å². The Bertz CT molecular complexity index is 2050. The summed E-state index contributed by atoms with van der Waals surface area (Å²) in [6.07, 6.45) is 6.28. The average Bonchev–Trinajstić information content (AvgIpc) is 3.48. The minimum Gasteiger partial charge on any atom is -0.478 e. The second kappa shape index (κ2) is 16.1. The molecule has 45 heavy (non-hydrogen) atoms. The van der Waals surface area contributed by atoms with Crippen LogP contribution in [0.3, 0.4) is 0 Å². The quantitative estimate of drug-likeness (QED) is 0.123. The Morgan fingerprint density at radius 1 is 0.778 bits per heavy atom. The van der Waals surface area contributed by atoms with Crippen LogP contribution in [-0.4, -0.2) is 53.4 Å². The third-order valence-electron chi connectivity index (χ3n) is 5.97. The van der Waals surface area contributed by atoms with Crippen molar-refractivity contribution >= 4 is 89.5 Å². The average molecular weight is 999 g/mol. The number of fused-ring (bicyclic) bond motifs is 2. The first-order valence-corrected chi connectivity index (χ1v) is 16.8. The number of carbonyl (C=O) groups excluding carboxylic acids is 1. The predicted octanol–water partition coefficient (Wildman–Crippen LogP) is 4.95. The molecular formula is C29H22BBr2N3O7S2U. The van der Waals surface area contributed by atoms with E-state index in [1.54, 1.807) is 60.8 Å². The number of aromatic carboxylic acids is 1. The van der Waals surface area contributed by atoms with Crippen LogP contribution in [-0.2, 0) is 26.1 Å². The number of nitrogen functional groups attached to an aromatic ring is 1. The summed E-state index contributed by atoms with van der Waals surface area (Å²) in [7, 11) is -2.78. The summed E-state index contributed by atoms with van der Waals surface area (Å²) < 4.78 is 52.5. The van der Waals surface area contributed by atoms with Crippen LogP contribution >= 0.6 is 31.9 Å². The first kappa shape index (κ1) is 36.6. The standard InChI is InChI=1S/C15H10BrNO3S.C8H7NO2S.C6H4BrNO2.BH.U/c16-15-9-12(3-5-17-15)13(18)7-10-1-2-11-4-6-21(19,20)14(11)8-10;9-7-2-1-6-3-4-12(10,11)8(6)5-7;7-5-3-4(6(9)10)1-2-8-5;;/h1-6,8-9H,7H2;1-5H,9H2;1-3H,(H,9,10);1H;/i;;;1T;. The van der Waals surface area contributed by atoms with Gasteiger partial charge < -0.3 is 10.8 Å². The Labute approximate surface area is 303 Å². The molecule has 2 radical (unpaired) electrons. The minimum absolute atomic E-state index is 0. The van der Waals surface area contributed by atoms with Gasteiger partial charge in [0.2, 0.25) is 9.84 Å². The van der Waals surface area contributed by atoms with Gasteiger partial charge in [-0.05, 0) is 105 Å². The summed E-state index contributed by atoms with van der Waals surface area (Å²) in [4.78, 5) is 30.8. The van der Waals surface area contributed by atoms with Crippen LogP contribution in [0.4, 0.5) is 5.69 Å². The molecule has 0 saturated heterocycles. The molecule has 10 nitrogen and oxygen atoms in total. The molecule has 2 aromatic heterocycles. The zero-order chi connectivity index (χ0) is 33.4. The number of hydrogen-bond acceptors (Lipinski definition) is 9. The van der Waals surface area contributed by atoms with Crippen molar-refractivity contribution in [2.45, 2.75) is 16.2 Å². The maximum absolute atomic E-state index is 12.2. The number of carbonyl (C=O) groups is 2. The molecule has 0 amide bonds. The van der Waals surface area contributed by atoms with E-state index in [0.717, 1.165) is 0 Å². The summed E-state index contributed by atoms with van der Waals surface area (Å²) in [6.45, 7) is 0. The summed E-state index contributed by atoms with van der Waals surface area (Å²) >= 11 is 6.28. The van der Waals surface area contributed by atoms with E-state index in [2.05, 4.69) is 50.2 Å². The topological polar surface area (TPSA) is 174 Å². The second-order valence-corrected chi connectivity index (χ2v) is 14.2. The predicted molar refractivity (Wildman–Crippen MR) is 176 cm³/mol. The van der Waals surface area contributed by atoms with Crippen molar-refractivity contribution in [3.8, 4) is 0 Å². The summed E-state index contributed by atoms with van der Waals surface area (Å²) in [5, 5.41) is 10.8. The van der Waals surface area contributed by atoms with Gasteiger partial charge in [0, 0.05) is 80.4 Å². The van der Waals surface area contributed by atoms with Crippen LogP contribution < -0.4 is 5.73 Å². The van der Waals surface area contributed by atoms with Gasteiger partial charge in [-0.3, -0.25) is 4.79 Å². The van der Waals surface area contributed by atoms with Crippen LogP contribution in [0, 0.1) is 31.1 Å². The van der Waals surface area contributed by atoms with Crippen LogP contribution in [0.1, 0.15) is 37.4 Å². The zero-order valence-electron chi connectivity index (χ0n) is 24.0. The van der Waals surface area contributed by atoms with Gasteiger partial charge in [0.05, 0.1) is 15.4 Å². The first-order chi connectivity index (χ1) is 21.2. The monoisotopic (exact) mass is 997 g/mol. The summed E-state index contributed by atoms with van der Waals surface area (Å²) in [5.41, 5.74) is 8.77. The number of Topliss-reactive ketones (excluding diaryl/α,β-unsaturated/α-hetero) is 1. The molecule has 4 heterocycles. The van der Waals surface area contributed by atoms with Crippen molar-refractivity contribution < 1.29 is 62.6 Å². The van der Waals surface area contributed by atoms with Crippen LogP contribution in [0.15, 0.2) is 103 Å². The van der Waals surface area contributed by atoms with E-state index in [4.69, 9.17) is 12.2 Å². The van der Waals surface area contributed by atoms with Crippen LogP contribution in [0.25, 0.3) is 12.2 Å². The van der Waals surface area contributed by atoms with Gasteiger partial charge in [-0.25, -0.2) is 31.6 Å². The van der Waals surface area contributed by atoms with Gasteiger partial charge in [-0.15, -0.1) is 0 Å². The molecule has 0 atom stereocenters. The Morgan fingerprint density at radius 3 is 1.78 bits per heavy atom. The van der Waals surface area contributed by atoms with E-state index in [-0.39, 0.29) is 53.8 Å². The molecule has 0 aliphatic carbocycles. The molecule has 0 saturated carbocycles. The van der Waals surface area contributed by atoms with Gasteiger partial charge in [0.25, 0.3) is 0 Å². The maximum Gasteiger partial charge on any atom is 0.335 e. The molecule has 2 aromatic carbocycles. The number of nitrogens with zero attached hydrogens (tertiary/aromatic N) is 2. The van der Waals surface area contributed by atoms with Crippen molar-refractivity contribution in [3.05, 3.63) is 121 Å². The Hall–Kier alpha value is -2.86. The third-order valence-corrected chi connectivity index (χ3v) is 9.76.